The zero-order chi connectivity index (χ0) is 20.8. The van der Waals surface area contributed by atoms with Crippen molar-refractivity contribution in [2.45, 2.75) is 26.9 Å². The van der Waals surface area contributed by atoms with Crippen molar-refractivity contribution < 1.29 is 19.1 Å². The van der Waals surface area contributed by atoms with Crippen LogP contribution in [0.5, 0.6) is 11.5 Å². The highest BCUT2D eigenvalue weighted by molar-refractivity contribution is 5.86. The summed E-state index contributed by atoms with van der Waals surface area (Å²) >= 11 is 0. The van der Waals surface area contributed by atoms with Crippen LogP contribution < -0.4 is 20.3 Å². The van der Waals surface area contributed by atoms with Crippen LogP contribution in [0.1, 0.15) is 18.1 Å². The lowest BCUT2D eigenvalue weighted by molar-refractivity contribution is -0.133. The molecule has 0 radical (unpaired) electrons. The summed E-state index contributed by atoms with van der Waals surface area (Å²) in [6.45, 7) is 5.23. The summed E-state index contributed by atoms with van der Waals surface area (Å²) in [5.41, 5.74) is 6.59. The van der Waals surface area contributed by atoms with Crippen LogP contribution in [-0.2, 0) is 9.59 Å². The average molecular weight is 392 g/mol. The molecule has 3 aromatic rings. The van der Waals surface area contributed by atoms with E-state index in [2.05, 4.69) is 10.9 Å². The van der Waals surface area contributed by atoms with Crippen molar-refractivity contribution in [3.63, 3.8) is 0 Å². The number of benzene rings is 3. The van der Waals surface area contributed by atoms with E-state index >= 15 is 0 Å². The van der Waals surface area contributed by atoms with E-state index in [-0.39, 0.29) is 6.61 Å². The Bertz CT molecular complexity index is 1010. The van der Waals surface area contributed by atoms with E-state index < -0.39 is 17.9 Å². The molecule has 3 aromatic carbocycles. The van der Waals surface area contributed by atoms with Crippen molar-refractivity contribution in [2.75, 3.05) is 6.61 Å². The topological polar surface area (TPSA) is 76.7 Å². The summed E-state index contributed by atoms with van der Waals surface area (Å²) in [6.07, 6.45) is -0.781. The average Bonchev–Trinajstić information content (AvgIpc) is 2.71. The Morgan fingerprint density at radius 3 is 2.31 bits per heavy atom. The van der Waals surface area contributed by atoms with Gasteiger partial charge in [-0.05, 0) is 54.8 Å². The smallest absolute Gasteiger partial charge is 0.279 e. The third kappa shape index (κ3) is 5.25. The highest BCUT2D eigenvalue weighted by Crippen LogP contribution is 2.22. The number of hydrogen-bond donors (Lipinski definition) is 2. The number of aryl methyl sites for hydroxylation is 2. The van der Waals surface area contributed by atoms with Gasteiger partial charge in [-0.3, -0.25) is 20.4 Å². The van der Waals surface area contributed by atoms with Gasteiger partial charge in [0.1, 0.15) is 11.5 Å². The Labute approximate surface area is 169 Å². The normalized spacial score (nSPS) is 11.6. The predicted octanol–water partition coefficient (Wildman–Crippen LogP) is 3.45. The van der Waals surface area contributed by atoms with Gasteiger partial charge in [0.2, 0.25) is 0 Å². The maximum absolute atomic E-state index is 12.2. The Balaban J connectivity index is 1.48. The zero-order valence-corrected chi connectivity index (χ0v) is 16.7. The van der Waals surface area contributed by atoms with Gasteiger partial charge < -0.3 is 9.47 Å². The molecule has 0 aliphatic carbocycles. The maximum Gasteiger partial charge on any atom is 0.279 e. The maximum atomic E-state index is 12.2. The number of hydrazine groups is 1. The van der Waals surface area contributed by atoms with Gasteiger partial charge in [-0.25, -0.2) is 0 Å². The molecule has 0 aliphatic heterocycles. The molecule has 6 heteroatoms. The zero-order valence-electron chi connectivity index (χ0n) is 16.7. The molecule has 0 fully saturated rings. The number of para-hydroxylation sites is 1. The predicted molar refractivity (Wildman–Crippen MR) is 112 cm³/mol. The number of rotatable bonds is 6. The lowest BCUT2D eigenvalue weighted by Gasteiger charge is -2.16. The number of carbonyl (C=O) groups is 2. The highest BCUT2D eigenvalue weighted by atomic mass is 16.5. The number of fused-ring (bicyclic) bond motifs is 1. The first-order valence-corrected chi connectivity index (χ1v) is 9.37. The largest absolute Gasteiger partial charge is 0.483 e. The molecule has 0 unspecified atom stereocenters. The molecule has 0 bridgehead atoms. The first-order valence-electron chi connectivity index (χ1n) is 9.37. The fourth-order valence-electron chi connectivity index (χ4n) is 2.93. The van der Waals surface area contributed by atoms with Crippen molar-refractivity contribution in [3.05, 3.63) is 71.8 Å². The van der Waals surface area contributed by atoms with Gasteiger partial charge in [-0.2, -0.15) is 0 Å². The van der Waals surface area contributed by atoms with Crippen LogP contribution in [0, 0.1) is 13.8 Å². The second kappa shape index (κ2) is 9.10. The van der Waals surface area contributed by atoms with Crippen molar-refractivity contribution >= 4 is 22.6 Å². The summed E-state index contributed by atoms with van der Waals surface area (Å²) in [6, 6.07) is 19.2. The van der Waals surface area contributed by atoms with Crippen LogP contribution in [0.3, 0.4) is 0 Å². The van der Waals surface area contributed by atoms with Crippen LogP contribution in [0.4, 0.5) is 0 Å². The minimum atomic E-state index is -0.781. The van der Waals surface area contributed by atoms with Gasteiger partial charge in [-0.15, -0.1) is 0 Å². The van der Waals surface area contributed by atoms with Crippen molar-refractivity contribution in [1.29, 1.82) is 0 Å². The van der Waals surface area contributed by atoms with Gasteiger partial charge >= 0.3 is 0 Å². The van der Waals surface area contributed by atoms with Gasteiger partial charge in [-0.1, -0.05) is 48.5 Å². The summed E-state index contributed by atoms with van der Waals surface area (Å²) in [5.74, 6) is 0.329. The molecule has 0 spiro atoms. The number of nitrogens with one attached hydrogen (secondary N) is 2. The number of amides is 2. The molecule has 6 nitrogen and oxygen atoms in total. The molecule has 0 aliphatic rings. The quantitative estimate of drug-likeness (QED) is 0.630. The molecule has 29 heavy (non-hydrogen) atoms. The molecule has 3 rings (SSSR count). The lowest BCUT2D eigenvalue weighted by atomic mass is 10.1. The summed E-state index contributed by atoms with van der Waals surface area (Å²) in [4.78, 5) is 24.2. The molecule has 2 N–H and O–H groups in total. The Kier molecular flexibility index (Phi) is 6.34. The fourth-order valence-corrected chi connectivity index (χ4v) is 2.93. The van der Waals surface area contributed by atoms with Crippen LogP contribution in [-0.4, -0.2) is 24.5 Å². The Hall–Kier alpha value is -3.54. The minimum Gasteiger partial charge on any atom is -0.483 e. The van der Waals surface area contributed by atoms with Gasteiger partial charge in [0.25, 0.3) is 11.8 Å². The second-order valence-corrected chi connectivity index (χ2v) is 6.82. The van der Waals surface area contributed by atoms with Crippen molar-refractivity contribution in [2.24, 2.45) is 0 Å². The van der Waals surface area contributed by atoms with Crippen molar-refractivity contribution in [1.82, 2.24) is 10.9 Å². The van der Waals surface area contributed by atoms with E-state index in [9.17, 15) is 9.59 Å². The van der Waals surface area contributed by atoms with Gasteiger partial charge in [0, 0.05) is 0 Å². The van der Waals surface area contributed by atoms with E-state index in [4.69, 9.17) is 9.47 Å². The molecular formula is C23H24N2O4. The first-order chi connectivity index (χ1) is 13.9. The highest BCUT2D eigenvalue weighted by Gasteiger charge is 2.16. The van der Waals surface area contributed by atoms with E-state index in [0.29, 0.717) is 11.5 Å². The summed E-state index contributed by atoms with van der Waals surface area (Å²) < 4.78 is 11.2. The van der Waals surface area contributed by atoms with Crippen LogP contribution >= 0.6 is 0 Å². The third-order valence-corrected chi connectivity index (χ3v) is 4.48. The SMILES string of the molecule is Cc1cccc(C)c1OCC(=O)NNC(=O)[C@H](C)Oc1ccc2ccccc2c1. The molecule has 0 heterocycles. The second-order valence-electron chi connectivity index (χ2n) is 6.82. The molecule has 0 aromatic heterocycles. The molecule has 150 valence electrons. The van der Waals surface area contributed by atoms with Crippen molar-refractivity contribution in [3.8, 4) is 11.5 Å². The Morgan fingerprint density at radius 1 is 0.897 bits per heavy atom. The lowest BCUT2D eigenvalue weighted by Crippen LogP contribution is -2.48. The Morgan fingerprint density at radius 2 is 1.59 bits per heavy atom. The standard InChI is InChI=1S/C23H24N2O4/c1-15-7-6-8-16(2)22(15)28-14-21(26)24-25-23(27)17(3)29-20-12-11-18-9-4-5-10-19(18)13-20/h4-13,17H,14H2,1-3H3,(H,24,26)(H,25,27)/t17-/m0/s1. The van der Waals surface area contributed by atoms with Crippen LogP contribution in [0.25, 0.3) is 10.8 Å². The number of hydrogen-bond acceptors (Lipinski definition) is 4. The van der Waals surface area contributed by atoms with Crippen LogP contribution in [0.2, 0.25) is 0 Å². The number of carbonyl (C=O) groups excluding carboxylic acids is 2. The molecule has 0 saturated heterocycles. The minimum absolute atomic E-state index is 0.202. The molecular weight excluding hydrogens is 368 g/mol. The van der Waals surface area contributed by atoms with E-state index in [1.807, 2.05) is 74.5 Å². The number of ether oxygens (including phenoxy) is 2. The monoisotopic (exact) mass is 392 g/mol. The van der Waals surface area contributed by atoms with E-state index in [0.717, 1.165) is 21.9 Å². The molecule has 2 amide bonds. The van der Waals surface area contributed by atoms with Gasteiger partial charge in [0.05, 0.1) is 0 Å². The summed E-state index contributed by atoms with van der Waals surface area (Å²) in [5, 5.41) is 2.11. The third-order valence-electron chi connectivity index (χ3n) is 4.48. The summed E-state index contributed by atoms with van der Waals surface area (Å²) in [7, 11) is 0. The van der Waals surface area contributed by atoms with Crippen LogP contribution in [0.15, 0.2) is 60.7 Å². The molecule has 0 saturated carbocycles. The van der Waals surface area contributed by atoms with Gasteiger partial charge in [0.15, 0.2) is 12.7 Å². The first kappa shape index (κ1) is 20.2. The fraction of sp³-hybridized carbons (Fsp3) is 0.217. The van der Waals surface area contributed by atoms with E-state index in [1.165, 1.54) is 0 Å². The van der Waals surface area contributed by atoms with E-state index in [1.54, 1.807) is 6.92 Å². The molecule has 1 atom stereocenters.